The van der Waals surface area contributed by atoms with Crippen molar-refractivity contribution in [2.45, 2.75) is 26.7 Å². The van der Waals surface area contributed by atoms with E-state index >= 15 is 0 Å². The molecule has 0 unspecified atom stereocenters. The summed E-state index contributed by atoms with van der Waals surface area (Å²) in [5, 5.41) is 0. The average Bonchev–Trinajstić information content (AvgIpc) is 3.26. The van der Waals surface area contributed by atoms with Crippen molar-refractivity contribution in [3.63, 3.8) is 0 Å². The molecule has 174 valence electrons. The van der Waals surface area contributed by atoms with E-state index in [1.807, 2.05) is 12.1 Å². The molecule has 0 saturated carbocycles. The summed E-state index contributed by atoms with van der Waals surface area (Å²) in [6.07, 6.45) is 1.89. The molecule has 0 radical (unpaired) electrons. The average molecular weight is 479 g/mol. The van der Waals surface area contributed by atoms with Crippen LogP contribution >= 0.6 is 0 Å². The summed E-state index contributed by atoms with van der Waals surface area (Å²) in [6.45, 7) is 4.39. The first-order valence-electron chi connectivity index (χ1n) is 13.0. The predicted octanol–water partition coefficient (Wildman–Crippen LogP) is 2.78. The van der Waals surface area contributed by atoms with E-state index in [9.17, 15) is 0 Å². The fraction of sp³-hybridized carbons (Fsp3) is 0.118. The third-order valence-electron chi connectivity index (χ3n) is 8.61. The molecule has 0 aromatic heterocycles. The van der Waals surface area contributed by atoms with Gasteiger partial charge in [-0.3, -0.25) is 0 Å². The molecule has 0 atom stereocenters. The van der Waals surface area contributed by atoms with E-state index in [1.54, 1.807) is 0 Å². The Balaban J connectivity index is 0.00000225. The van der Waals surface area contributed by atoms with Gasteiger partial charge in [0.05, 0.1) is 0 Å². The second-order valence-electron chi connectivity index (χ2n) is 10.8. The number of fused-ring (bicyclic) bond motifs is 4. The number of aryl methyl sites for hydroxylation is 2. The van der Waals surface area contributed by atoms with Gasteiger partial charge in [-0.25, -0.2) is 5.56 Å². The van der Waals surface area contributed by atoms with Crippen LogP contribution in [-0.2, 0) is 12.8 Å². The molecular weight excluding hydrogens is 458 g/mol. The largest absolute Gasteiger partial charge is 1.00 e. The number of rotatable bonds is 1. The zero-order valence-corrected chi connectivity index (χ0v) is 21.7. The molecule has 3 heterocycles. The van der Waals surface area contributed by atoms with E-state index in [1.165, 1.54) is 55.4 Å². The molecule has 0 fully saturated rings. The van der Waals surface area contributed by atoms with Crippen LogP contribution in [-0.4, -0.2) is 6.71 Å². The third-order valence-corrected chi connectivity index (χ3v) is 8.61. The van der Waals surface area contributed by atoms with E-state index in [4.69, 9.17) is 9.47 Å². The van der Waals surface area contributed by atoms with Crippen LogP contribution in [0.2, 0.25) is 0 Å². The topological polar surface area (TPSA) is 18.5 Å². The second-order valence-corrected chi connectivity index (χ2v) is 10.8. The minimum Gasteiger partial charge on any atom is -0.512 e. The maximum absolute atomic E-state index is 6.71. The minimum absolute atomic E-state index is 0. The van der Waals surface area contributed by atoms with Crippen LogP contribution in [0.25, 0.3) is 22.3 Å². The quantitative estimate of drug-likeness (QED) is 0.267. The fourth-order valence-corrected chi connectivity index (χ4v) is 7.03. The van der Waals surface area contributed by atoms with Gasteiger partial charge in [-0.15, -0.1) is 17.7 Å². The zero-order valence-electron chi connectivity index (χ0n) is 21.7. The standard InChI is InChI=1S/C34H21BO2.Li/c1-18-5-3-6-20(13-18)23-11-12-29-33-34(23)37-28-8-4-7-22-16-27-25-15-21-10-9-19(2)14-24(21)26(25)17-30(36-29)32(27)35(33)31(22)28;/h3-5,7-10,12-14,17H,15-16H2,1-2H3;/q-2;+1. The smallest absolute Gasteiger partial charge is 0.512 e. The molecule has 3 aliphatic heterocycles. The van der Waals surface area contributed by atoms with Gasteiger partial charge in [0.2, 0.25) is 6.71 Å². The Kier molecular flexibility index (Phi) is 4.53. The van der Waals surface area contributed by atoms with Crippen molar-refractivity contribution >= 4 is 23.1 Å². The van der Waals surface area contributed by atoms with Crippen LogP contribution in [0, 0.1) is 26.0 Å². The van der Waals surface area contributed by atoms with Crippen molar-refractivity contribution in [2.75, 3.05) is 0 Å². The number of hydrogen-bond acceptors (Lipinski definition) is 2. The summed E-state index contributed by atoms with van der Waals surface area (Å²) in [7, 11) is 0. The van der Waals surface area contributed by atoms with Crippen LogP contribution in [0.1, 0.15) is 33.4 Å². The zero-order chi connectivity index (χ0) is 24.4. The summed E-state index contributed by atoms with van der Waals surface area (Å²) in [5.41, 5.74) is 16.5. The van der Waals surface area contributed by atoms with Crippen molar-refractivity contribution in [3.05, 3.63) is 112 Å². The number of hydrogen-bond donors (Lipinski definition) is 0. The molecule has 5 aromatic carbocycles. The van der Waals surface area contributed by atoms with Gasteiger partial charge in [-0.05, 0) is 76.2 Å². The Morgan fingerprint density at radius 3 is 2.47 bits per heavy atom. The van der Waals surface area contributed by atoms with E-state index in [0.717, 1.165) is 52.4 Å². The molecule has 2 nitrogen and oxygen atoms in total. The van der Waals surface area contributed by atoms with Gasteiger partial charge in [-0.2, -0.15) is 29.8 Å². The summed E-state index contributed by atoms with van der Waals surface area (Å²) in [5.74, 6) is 3.64. The van der Waals surface area contributed by atoms with Crippen LogP contribution < -0.4 is 44.7 Å². The van der Waals surface area contributed by atoms with Crippen LogP contribution in [0.3, 0.4) is 0 Å². The summed E-state index contributed by atoms with van der Waals surface area (Å²) < 4.78 is 13.4. The Bertz CT molecular complexity index is 1870. The van der Waals surface area contributed by atoms with Gasteiger partial charge in [0.25, 0.3) is 0 Å². The van der Waals surface area contributed by atoms with Crippen molar-refractivity contribution in [1.29, 1.82) is 0 Å². The van der Waals surface area contributed by atoms with Gasteiger partial charge < -0.3 is 9.47 Å². The maximum atomic E-state index is 6.71. The molecule has 1 aliphatic carbocycles. The molecular formula is C34H21BLiO2-. The first kappa shape index (κ1) is 22.4. The van der Waals surface area contributed by atoms with Crippen LogP contribution in [0.5, 0.6) is 23.0 Å². The summed E-state index contributed by atoms with van der Waals surface area (Å²) in [4.78, 5) is 0. The molecule has 0 saturated heterocycles. The normalized spacial score (nSPS) is 14.0. The maximum Gasteiger partial charge on any atom is 1.00 e. The van der Waals surface area contributed by atoms with Crippen molar-refractivity contribution in [1.82, 2.24) is 0 Å². The van der Waals surface area contributed by atoms with Gasteiger partial charge in [0.15, 0.2) is 0 Å². The van der Waals surface area contributed by atoms with Gasteiger partial charge >= 0.3 is 18.9 Å². The van der Waals surface area contributed by atoms with Crippen LogP contribution in [0.4, 0.5) is 0 Å². The summed E-state index contributed by atoms with van der Waals surface area (Å²) >= 11 is 0. The Labute approximate surface area is 234 Å². The summed E-state index contributed by atoms with van der Waals surface area (Å²) in [6, 6.07) is 30.8. The first-order chi connectivity index (χ1) is 18.1. The predicted molar refractivity (Wildman–Crippen MR) is 148 cm³/mol. The molecule has 0 amide bonds. The monoisotopic (exact) mass is 479 g/mol. The van der Waals surface area contributed by atoms with Crippen molar-refractivity contribution in [3.8, 4) is 45.3 Å². The van der Waals surface area contributed by atoms with E-state index in [2.05, 4.69) is 80.6 Å². The van der Waals surface area contributed by atoms with Crippen LogP contribution in [0.15, 0.2) is 66.7 Å². The molecule has 0 bridgehead atoms. The van der Waals surface area contributed by atoms with Crippen molar-refractivity contribution < 1.29 is 28.3 Å². The number of ether oxygens (including phenoxy) is 2. The molecule has 4 aliphatic rings. The molecule has 9 rings (SSSR count). The van der Waals surface area contributed by atoms with E-state index in [-0.39, 0.29) is 25.6 Å². The Hall–Kier alpha value is -3.64. The molecule has 4 heteroatoms. The molecule has 38 heavy (non-hydrogen) atoms. The third kappa shape index (κ3) is 2.81. The second kappa shape index (κ2) is 7.70. The minimum atomic E-state index is 0. The Morgan fingerprint density at radius 1 is 0.711 bits per heavy atom. The van der Waals surface area contributed by atoms with E-state index < -0.39 is 0 Å². The van der Waals surface area contributed by atoms with Crippen molar-refractivity contribution in [2.24, 2.45) is 0 Å². The van der Waals surface area contributed by atoms with E-state index in [0.29, 0.717) is 0 Å². The molecule has 0 spiro atoms. The fourth-order valence-electron chi connectivity index (χ4n) is 7.03. The van der Waals surface area contributed by atoms with Gasteiger partial charge in [0.1, 0.15) is 11.5 Å². The first-order valence-corrected chi connectivity index (χ1v) is 13.0. The SMILES string of the molecule is Cc1cc[c-]c(-c2[c-]cc3c4c2Oc2cccc5c2B4c2c(cc4c(c2C5)Cc2ccc(C)cc2-4)O3)c1.[Li+]. The molecule has 0 N–H and O–H groups in total. The molecule has 5 aromatic rings. The Morgan fingerprint density at radius 2 is 1.58 bits per heavy atom. The van der Waals surface area contributed by atoms with Gasteiger partial charge in [0, 0.05) is 11.5 Å². The number of benzene rings is 5. The van der Waals surface area contributed by atoms with Gasteiger partial charge in [-0.1, -0.05) is 48.3 Å².